The molecule has 0 atom stereocenters. The van der Waals surface area contributed by atoms with Crippen LogP contribution in [0.25, 0.3) is 22.7 Å². The molecule has 7 heteroatoms. The van der Waals surface area contributed by atoms with Gasteiger partial charge in [0.05, 0.1) is 0 Å². The first-order valence-corrected chi connectivity index (χ1v) is 4.89. The molecule has 0 unspecified atom stereocenters. The summed E-state index contributed by atoms with van der Waals surface area (Å²) in [6, 6.07) is 9.19. The van der Waals surface area contributed by atoms with Gasteiger partial charge in [0.2, 0.25) is 5.82 Å². The van der Waals surface area contributed by atoms with E-state index in [4.69, 9.17) is 10.3 Å². The van der Waals surface area contributed by atoms with Gasteiger partial charge in [-0.25, -0.2) is 0 Å². The van der Waals surface area contributed by atoms with Crippen LogP contribution in [0.2, 0.25) is 0 Å². The van der Waals surface area contributed by atoms with E-state index >= 15 is 0 Å². The molecule has 0 aliphatic rings. The van der Waals surface area contributed by atoms with Gasteiger partial charge in [0.1, 0.15) is 0 Å². The van der Waals surface area contributed by atoms with Crippen molar-refractivity contribution >= 4 is 5.82 Å². The summed E-state index contributed by atoms with van der Waals surface area (Å²) in [6.45, 7) is 0. The lowest BCUT2D eigenvalue weighted by atomic mass is 10.1. The zero-order valence-electron chi connectivity index (χ0n) is 8.66. The summed E-state index contributed by atoms with van der Waals surface area (Å²) in [7, 11) is 0. The summed E-state index contributed by atoms with van der Waals surface area (Å²) in [4.78, 5) is 0. The number of hydrogen-bond acceptors (Lipinski definition) is 6. The minimum Gasteiger partial charge on any atom is -0.381 e. The van der Waals surface area contributed by atoms with Crippen molar-refractivity contribution in [3.63, 3.8) is 0 Å². The predicted molar refractivity (Wildman–Crippen MR) is 59.5 cm³/mol. The smallest absolute Gasteiger partial charge is 0.204 e. The van der Waals surface area contributed by atoms with Crippen molar-refractivity contribution in [2.24, 2.45) is 0 Å². The Labute approximate surface area is 95.6 Å². The molecular weight excluding hydrogens is 220 g/mol. The lowest BCUT2D eigenvalue weighted by molar-refractivity contribution is 0.436. The molecule has 0 fully saturated rings. The first-order valence-electron chi connectivity index (χ1n) is 4.89. The molecule has 1 aromatic carbocycles. The molecule has 7 nitrogen and oxygen atoms in total. The second kappa shape index (κ2) is 3.71. The highest BCUT2D eigenvalue weighted by atomic mass is 16.5. The van der Waals surface area contributed by atoms with Gasteiger partial charge in [-0.1, -0.05) is 23.4 Å². The molecule has 3 N–H and O–H groups in total. The predicted octanol–water partition coefficient (Wildman–Crippen LogP) is 1.10. The Hall–Kier alpha value is -2.70. The zero-order chi connectivity index (χ0) is 11.7. The minimum absolute atomic E-state index is 0.352. The van der Waals surface area contributed by atoms with Crippen LogP contribution in [0.3, 0.4) is 0 Å². The molecule has 0 radical (unpaired) electrons. The van der Waals surface area contributed by atoms with Crippen molar-refractivity contribution in [2.75, 3.05) is 5.73 Å². The highest BCUT2D eigenvalue weighted by Crippen LogP contribution is 2.25. The number of benzene rings is 1. The van der Waals surface area contributed by atoms with Crippen LogP contribution in [-0.2, 0) is 0 Å². The summed E-state index contributed by atoms with van der Waals surface area (Å²) in [6.07, 6.45) is 0. The van der Waals surface area contributed by atoms with E-state index in [9.17, 15) is 0 Å². The van der Waals surface area contributed by atoms with Crippen molar-refractivity contribution in [3.8, 4) is 22.7 Å². The van der Waals surface area contributed by atoms with Gasteiger partial charge >= 0.3 is 0 Å². The molecule has 3 aromatic rings. The van der Waals surface area contributed by atoms with Crippen LogP contribution in [-0.4, -0.2) is 25.8 Å². The largest absolute Gasteiger partial charge is 0.381 e. The molecule has 0 bridgehead atoms. The summed E-state index contributed by atoms with van der Waals surface area (Å²) < 4.78 is 5.08. The Morgan fingerprint density at radius 2 is 2.06 bits per heavy atom. The van der Waals surface area contributed by atoms with E-state index in [1.165, 1.54) is 0 Å². The van der Waals surface area contributed by atoms with E-state index in [-0.39, 0.29) is 0 Å². The van der Waals surface area contributed by atoms with Gasteiger partial charge in [-0.2, -0.15) is 5.21 Å². The maximum absolute atomic E-state index is 5.50. The summed E-state index contributed by atoms with van der Waals surface area (Å²) in [5.41, 5.74) is 7.20. The standard InChI is InChI=1S/C10H8N6O/c11-9-5-8(17-14-9)6-2-1-3-7(4-6)10-12-15-16-13-10/h1-5H,(H2,11,14)(H,12,13,15,16). The third-order valence-electron chi connectivity index (χ3n) is 2.28. The third-order valence-corrected chi connectivity index (χ3v) is 2.28. The highest BCUT2D eigenvalue weighted by Gasteiger charge is 2.08. The Morgan fingerprint density at radius 3 is 2.76 bits per heavy atom. The van der Waals surface area contributed by atoms with Crippen LogP contribution in [0.4, 0.5) is 5.82 Å². The molecule has 0 aliphatic carbocycles. The SMILES string of the molecule is Nc1cc(-c2cccc(-c3nn[nH]n3)c2)on1. The Morgan fingerprint density at radius 1 is 1.18 bits per heavy atom. The summed E-state index contributed by atoms with van der Waals surface area (Å²) in [5, 5.41) is 17.4. The average Bonchev–Trinajstić information content (AvgIpc) is 3.00. The van der Waals surface area contributed by atoms with Crippen LogP contribution in [0.5, 0.6) is 0 Å². The van der Waals surface area contributed by atoms with Gasteiger partial charge < -0.3 is 10.3 Å². The van der Waals surface area contributed by atoms with Gasteiger partial charge in [0.15, 0.2) is 11.6 Å². The van der Waals surface area contributed by atoms with E-state index in [0.717, 1.165) is 11.1 Å². The molecule has 0 amide bonds. The number of aromatic amines is 1. The van der Waals surface area contributed by atoms with E-state index in [2.05, 4.69) is 25.8 Å². The number of nitrogens with one attached hydrogen (secondary N) is 1. The van der Waals surface area contributed by atoms with E-state index in [1.54, 1.807) is 6.07 Å². The number of nitrogen functional groups attached to an aromatic ring is 1. The Kier molecular flexibility index (Phi) is 2.08. The van der Waals surface area contributed by atoms with E-state index in [0.29, 0.717) is 17.4 Å². The number of aromatic nitrogens is 5. The van der Waals surface area contributed by atoms with Crippen LogP contribution < -0.4 is 5.73 Å². The fourth-order valence-corrected chi connectivity index (χ4v) is 1.52. The molecule has 2 aromatic heterocycles. The number of tetrazole rings is 1. The number of rotatable bonds is 2. The second-order valence-corrected chi connectivity index (χ2v) is 3.43. The molecule has 0 saturated carbocycles. The maximum Gasteiger partial charge on any atom is 0.204 e. The van der Waals surface area contributed by atoms with Crippen molar-refractivity contribution < 1.29 is 4.52 Å². The lowest BCUT2D eigenvalue weighted by Gasteiger charge is -1.97. The van der Waals surface area contributed by atoms with Gasteiger partial charge in [-0.05, 0) is 11.3 Å². The first kappa shape index (κ1) is 9.52. The molecule has 17 heavy (non-hydrogen) atoms. The topological polar surface area (TPSA) is 107 Å². The normalized spacial score (nSPS) is 10.6. The fourth-order valence-electron chi connectivity index (χ4n) is 1.52. The van der Waals surface area contributed by atoms with Crippen LogP contribution >= 0.6 is 0 Å². The number of nitrogens with two attached hydrogens (primary N) is 1. The number of anilines is 1. The lowest BCUT2D eigenvalue weighted by Crippen LogP contribution is -1.82. The summed E-state index contributed by atoms with van der Waals surface area (Å²) >= 11 is 0. The summed E-state index contributed by atoms with van der Waals surface area (Å²) in [5.74, 6) is 1.48. The molecule has 0 spiro atoms. The van der Waals surface area contributed by atoms with E-state index < -0.39 is 0 Å². The minimum atomic E-state index is 0.352. The second-order valence-electron chi connectivity index (χ2n) is 3.43. The maximum atomic E-state index is 5.50. The quantitative estimate of drug-likeness (QED) is 0.680. The van der Waals surface area contributed by atoms with Crippen LogP contribution in [0.1, 0.15) is 0 Å². The monoisotopic (exact) mass is 228 g/mol. The molecule has 2 heterocycles. The fraction of sp³-hybridized carbons (Fsp3) is 0. The number of H-pyrrole nitrogens is 1. The third kappa shape index (κ3) is 1.73. The number of nitrogens with zero attached hydrogens (tertiary/aromatic N) is 4. The molecule has 0 saturated heterocycles. The first-order chi connectivity index (χ1) is 8.33. The van der Waals surface area contributed by atoms with Crippen LogP contribution in [0, 0.1) is 0 Å². The molecular formula is C10H8N6O. The van der Waals surface area contributed by atoms with Gasteiger partial charge in [0.25, 0.3) is 0 Å². The van der Waals surface area contributed by atoms with Crippen molar-refractivity contribution in [3.05, 3.63) is 30.3 Å². The van der Waals surface area contributed by atoms with Crippen LogP contribution in [0.15, 0.2) is 34.9 Å². The van der Waals surface area contributed by atoms with Gasteiger partial charge in [0, 0.05) is 17.2 Å². The molecule has 0 aliphatic heterocycles. The van der Waals surface area contributed by atoms with E-state index in [1.807, 2.05) is 24.3 Å². The van der Waals surface area contributed by atoms with Gasteiger partial charge in [-0.3, -0.25) is 0 Å². The Balaban J connectivity index is 2.05. The highest BCUT2D eigenvalue weighted by molar-refractivity contribution is 5.67. The molecule has 84 valence electrons. The van der Waals surface area contributed by atoms with Gasteiger partial charge in [-0.15, -0.1) is 10.2 Å². The molecule has 3 rings (SSSR count). The Bertz CT molecular complexity index is 630. The average molecular weight is 228 g/mol. The van der Waals surface area contributed by atoms with Crippen molar-refractivity contribution in [1.29, 1.82) is 0 Å². The van der Waals surface area contributed by atoms with Crippen molar-refractivity contribution in [2.45, 2.75) is 0 Å². The zero-order valence-corrected chi connectivity index (χ0v) is 8.66. The number of hydrogen-bond donors (Lipinski definition) is 2. The van der Waals surface area contributed by atoms with Crippen molar-refractivity contribution in [1.82, 2.24) is 25.8 Å².